The first-order valence-electron chi connectivity index (χ1n) is 5.64. The minimum atomic E-state index is 0.298. The molecular formula is C12H20O. The number of rotatable bonds is 0. The lowest BCUT2D eigenvalue weighted by Crippen LogP contribution is -2.21. The molecule has 2 fully saturated rings. The van der Waals surface area contributed by atoms with E-state index in [0.717, 1.165) is 6.42 Å². The Bertz CT molecular complexity index is 217. The Labute approximate surface area is 80.9 Å². The summed E-state index contributed by atoms with van der Waals surface area (Å²) >= 11 is 0. The van der Waals surface area contributed by atoms with E-state index >= 15 is 0 Å². The predicted molar refractivity (Wildman–Crippen MR) is 53.5 cm³/mol. The van der Waals surface area contributed by atoms with Gasteiger partial charge in [0.2, 0.25) is 0 Å². The molecule has 1 heteroatoms. The van der Waals surface area contributed by atoms with E-state index in [2.05, 4.69) is 13.8 Å². The topological polar surface area (TPSA) is 17.1 Å². The molecule has 2 rings (SSSR count). The van der Waals surface area contributed by atoms with Gasteiger partial charge in [-0.1, -0.05) is 33.1 Å². The van der Waals surface area contributed by atoms with Crippen molar-refractivity contribution in [2.75, 3.05) is 0 Å². The average molecular weight is 180 g/mol. The first-order chi connectivity index (χ1) is 6.11. The maximum absolute atomic E-state index is 11.8. The zero-order valence-electron chi connectivity index (χ0n) is 8.81. The molecule has 2 aliphatic rings. The normalized spacial score (nSPS) is 38.5. The van der Waals surface area contributed by atoms with Crippen LogP contribution in [0.5, 0.6) is 0 Å². The fourth-order valence-electron chi connectivity index (χ4n) is 3.34. The molecule has 0 aromatic heterocycles. The summed E-state index contributed by atoms with van der Waals surface area (Å²) in [4.78, 5) is 11.8. The van der Waals surface area contributed by atoms with E-state index in [9.17, 15) is 4.79 Å². The van der Waals surface area contributed by atoms with Gasteiger partial charge in [-0.05, 0) is 24.2 Å². The lowest BCUT2D eigenvalue weighted by atomic mass is 9.76. The van der Waals surface area contributed by atoms with Crippen LogP contribution in [0, 0.1) is 17.3 Å². The third kappa shape index (κ3) is 1.53. The summed E-state index contributed by atoms with van der Waals surface area (Å²) in [6.07, 6.45) is 7.27. The molecule has 0 bridgehead atoms. The zero-order valence-corrected chi connectivity index (χ0v) is 8.81. The molecular weight excluding hydrogens is 160 g/mol. The van der Waals surface area contributed by atoms with Crippen molar-refractivity contribution < 1.29 is 4.79 Å². The summed E-state index contributed by atoms with van der Waals surface area (Å²) in [5, 5.41) is 0. The van der Waals surface area contributed by atoms with Crippen LogP contribution in [0.1, 0.15) is 52.4 Å². The Hall–Kier alpha value is -0.330. The smallest absolute Gasteiger partial charge is 0.136 e. The molecule has 0 amide bonds. The van der Waals surface area contributed by atoms with Crippen LogP contribution in [0.2, 0.25) is 0 Å². The van der Waals surface area contributed by atoms with E-state index in [1.807, 2.05) is 0 Å². The monoisotopic (exact) mass is 180 g/mol. The van der Waals surface area contributed by atoms with Crippen LogP contribution in [0.3, 0.4) is 0 Å². The second-order valence-corrected chi connectivity index (χ2v) is 5.48. The van der Waals surface area contributed by atoms with Crippen molar-refractivity contribution in [3.05, 3.63) is 0 Å². The maximum atomic E-state index is 11.8. The molecule has 1 nitrogen and oxygen atoms in total. The summed E-state index contributed by atoms with van der Waals surface area (Å²) in [6.45, 7) is 4.56. The Morgan fingerprint density at radius 3 is 2.62 bits per heavy atom. The molecule has 0 spiro atoms. The number of Topliss-reactive ketones (excluding diaryl/α,β-unsaturated/α-hetero) is 1. The molecule has 2 atom stereocenters. The van der Waals surface area contributed by atoms with Crippen LogP contribution in [0.15, 0.2) is 0 Å². The molecule has 0 unspecified atom stereocenters. The van der Waals surface area contributed by atoms with Gasteiger partial charge < -0.3 is 0 Å². The minimum absolute atomic E-state index is 0.298. The lowest BCUT2D eigenvalue weighted by molar-refractivity contribution is -0.121. The lowest BCUT2D eigenvalue weighted by Gasteiger charge is -2.28. The molecule has 0 N–H and O–H groups in total. The van der Waals surface area contributed by atoms with Crippen molar-refractivity contribution in [1.82, 2.24) is 0 Å². The molecule has 0 aliphatic heterocycles. The van der Waals surface area contributed by atoms with Gasteiger partial charge in [0.15, 0.2) is 0 Å². The highest BCUT2D eigenvalue weighted by molar-refractivity contribution is 5.84. The number of hydrogen-bond acceptors (Lipinski definition) is 1. The van der Waals surface area contributed by atoms with Crippen molar-refractivity contribution in [3.63, 3.8) is 0 Å². The van der Waals surface area contributed by atoms with Gasteiger partial charge in [0, 0.05) is 12.3 Å². The van der Waals surface area contributed by atoms with Gasteiger partial charge in [-0.2, -0.15) is 0 Å². The van der Waals surface area contributed by atoms with Gasteiger partial charge in [0.1, 0.15) is 5.78 Å². The van der Waals surface area contributed by atoms with Crippen LogP contribution in [0.4, 0.5) is 0 Å². The second kappa shape index (κ2) is 3.11. The van der Waals surface area contributed by atoms with Crippen LogP contribution >= 0.6 is 0 Å². The van der Waals surface area contributed by atoms with Gasteiger partial charge >= 0.3 is 0 Å². The van der Waals surface area contributed by atoms with Crippen molar-refractivity contribution in [1.29, 1.82) is 0 Å². The summed E-state index contributed by atoms with van der Waals surface area (Å²) in [7, 11) is 0. The second-order valence-electron chi connectivity index (χ2n) is 5.48. The summed E-state index contributed by atoms with van der Waals surface area (Å²) in [5.74, 6) is 1.68. The highest BCUT2D eigenvalue weighted by Crippen LogP contribution is 2.49. The predicted octanol–water partition coefficient (Wildman–Crippen LogP) is 3.18. The number of hydrogen-bond donors (Lipinski definition) is 0. The molecule has 2 saturated carbocycles. The fraction of sp³-hybridized carbons (Fsp3) is 0.917. The van der Waals surface area contributed by atoms with Crippen molar-refractivity contribution >= 4 is 5.78 Å². The highest BCUT2D eigenvalue weighted by atomic mass is 16.1. The fourth-order valence-corrected chi connectivity index (χ4v) is 3.34. The largest absolute Gasteiger partial charge is 0.299 e. The van der Waals surface area contributed by atoms with Crippen molar-refractivity contribution in [3.8, 4) is 0 Å². The number of carbonyl (C=O) groups is 1. The van der Waals surface area contributed by atoms with Gasteiger partial charge in [-0.25, -0.2) is 0 Å². The van der Waals surface area contributed by atoms with Crippen molar-refractivity contribution in [2.24, 2.45) is 17.3 Å². The van der Waals surface area contributed by atoms with E-state index in [4.69, 9.17) is 0 Å². The van der Waals surface area contributed by atoms with Crippen LogP contribution < -0.4 is 0 Å². The average Bonchev–Trinajstić information content (AvgIpc) is 2.28. The van der Waals surface area contributed by atoms with Gasteiger partial charge in [-0.3, -0.25) is 4.79 Å². The molecule has 13 heavy (non-hydrogen) atoms. The third-order valence-corrected chi connectivity index (χ3v) is 4.06. The summed E-state index contributed by atoms with van der Waals surface area (Å²) < 4.78 is 0. The number of carbonyl (C=O) groups excluding carboxylic acids is 1. The van der Waals surface area contributed by atoms with E-state index in [-0.39, 0.29) is 0 Å². The van der Waals surface area contributed by atoms with Crippen LogP contribution in [-0.4, -0.2) is 5.78 Å². The quantitative estimate of drug-likeness (QED) is 0.559. The SMILES string of the molecule is CC1(C)CC(=O)[C@H]2CCCCC[C@H]21. The highest BCUT2D eigenvalue weighted by Gasteiger charge is 2.46. The molecule has 0 aromatic rings. The van der Waals surface area contributed by atoms with Gasteiger partial charge in [-0.15, -0.1) is 0 Å². The van der Waals surface area contributed by atoms with E-state index in [0.29, 0.717) is 23.0 Å². The summed E-state index contributed by atoms with van der Waals surface area (Å²) in [6, 6.07) is 0. The van der Waals surface area contributed by atoms with Gasteiger partial charge in [0.05, 0.1) is 0 Å². The van der Waals surface area contributed by atoms with Crippen LogP contribution in [0.25, 0.3) is 0 Å². The van der Waals surface area contributed by atoms with Gasteiger partial charge in [0.25, 0.3) is 0 Å². The van der Waals surface area contributed by atoms with Crippen LogP contribution in [-0.2, 0) is 4.79 Å². The van der Waals surface area contributed by atoms with E-state index in [1.165, 1.54) is 32.1 Å². The Balaban J connectivity index is 2.21. The molecule has 0 saturated heterocycles. The van der Waals surface area contributed by atoms with Crippen molar-refractivity contribution in [2.45, 2.75) is 52.4 Å². The standard InChI is InChI=1S/C12H20O/c1-12(2)8-11(13)9-6-4-3-5-7-10(9)12/h9-10H,3-8H2,1-2H3/t9-,10+/m0/s1. The Morgan fingerprint density at radius 1 is 1.15 bits per heavy atom. The van der Waals surface area contributed by atoms with E-state index in [1.54, 1.807) is 0 Å². The zero-order chi connectivity index (χ0) is 9.47. The summed E-state index contributed by atoms with van der Waals surface area (Å²) in [5.41, 5.74) is 0.298. The molecule has 74 valence electrons. The molecule has 0 radical (unpaired) electrons. The first-order valence-corrected chi connectivity index (χ1v) is 5.64. The molecule has 2 aliphatic carbocycles. The first kappa shape index (κ1) is 9.23. The number of fused-ring (bicyclic) bond motifs is 1. The Kier molecular flexibility index (Phi) is 2.21. The molecule has 0 aromatic carbocycles. The Morgan fingerprint density at radius 2 is 1.85 bits per heavy atom. The van der Waals surface area contributed by atoms with E-state index < -0.39 is 0 Å². The third-order valence-electron chi connectivity index (χ3n) is 4.06. The maximum Gasteiger partial charge on any atom is 0.136 e. The minimum Gasteiger partial charge on any atom is -0.299 e. The molecule has 0 heterocycles. The number of ketones is 1.